The largest absolute Gasteiger partial charge is 0.493 e. The molecule has 0 aliphatic rings. The Bertz CT molecular complexity index is 326. The molecule has 0 saturated heterocycles. The van der Waals surface area contributed by atoms with Crippen LogP contribution in [-0.2, 0) is 11.2 Å². The molecule has 1 aromatic carbocycles. The number of hydrogen-bond donors (Lipinski definition) is 1. The van der Waals surface area contributed by atoms with Crippen molar-refractivity contribution < 1.29 is 14.3 Å². The average Bonchev–Trinajstić information content (AvgIpc) is 2.29. The van der Waals surface area contributed by atoms with E-state index in [-0.39, 0.29) is 0 Å². The molecule has 0 fully saturated rings. The van der Waals surface area contributed by atoms with Crippen molar-refractivity contribution in [3.8, 4) is 11.5 Å². The molecule has 4 nitrogen and oxygen atoms in total. The highest BCUT2D eigenvalue weighted by atomic mass is 16.5. The Morgan fingerprint density at radius 1 is 1.27 bits per heavy atom. The van der Waals surface area contributed by atoms with Crippen LogP contribution in [0.25, 0.3) is 0 Å². The van der Waals surface area contributed by atoms with Gasteiger partial charge in [-0.15, -0.1) is 0 Å². The number of hydrogen-bond acceptors (Lipinski definition) is 3. The van der Waals surface area contributed by atoms with Gasteiger partial charge in [0, 0.05) is 6.54 Å². The predicted molar refractivity (Wildman–Crippen MR) is 57.3 cm³/mol. The highest BCUT2D eigenvalue weighted by Crippen LogP contribution is 2.27. The smallest absolute Gasteiger partial charge is 0.207 e. The maximum Gasteiger partial charge on any atom is 0.207 e. The summed E-state index contributed by atoms with van der Waals surface area (Å²) in [5, 5.41) is 2.61. The van der Waals surface area contributed by atoms with Crippen LogP contribution in [0.2, 0.25) is 0 Å². The van der Waals surface area contributed by atoms with Gasteiger partial charge < -0.3 is 14.8 Å². The van der Waals surface area contributed by atoms with Gasteiger partial charge in [-0.05, 0) is 24.1 Å². The third kappa shape index (κ3) is 3.16. The van der Waals surface area contributed by atoms with Gasteiger partial charge in [-0.1, -0.05) is 6.07 Å². The monoisotopic (exact) mass is 209 g/mol. The molecule has 0 aromatic heterocycles. The van der Waals surface area contributed by atoms with Gasteiger partial charge in [0.2, 0.25) is 6.41 Å². The predicted octanol–water partition coefficient (Wildman–Crippen LogP) is 0.992. The Balaban J connectivity index is 2.69. The minimum atomic E-state index is 0.624. The van der Waals surface area contributed by atoms with Crippen molar-refractivity contribution in [1.82, 2.24) is 5.32 Å². The van der Waals surface area contributed by atoms with E-state index >= 15 is 0 Å². The summed E-state index contributed by atoms with van der Waals surface area (Å²) >= 11 is 0. The standard InChI is InChI=1S/C11H15NO3/c1-14-10-4-3-9(5-6-12-8-13)7-11(10)15-2/h3-4,7-8H,5-6H2,1-2H3,(H,12,13). The first-order chi connectivity index (χ1) is 7.31. The second-order valence-corrected chi connectivity index (χ2v) is 3.01. The lowest BCUT2D eigenvalue weighted by molar-refractivity contribution is -0.109. The summed E-state index contributed by atoms with van der Waals surface area (Å²) in [7, 11) is 3.21. The second-order valence-electron chi connectivity index (χ2n) is 3.01. The molecule has 82 valence electrons. The number of benzene rings is 1. The van der Waals surface area contributed by atoms with Crippen LogP contribution in [0.5, 0.6) is 11.5 Å². The first-order valence-electron chi connectivity index (χ1n) is 4.69. The van der Waals surface area contributed by atoms with E-state index in [1.54, 1.807) is 14.2 Å². The lowest BCUT2D eigenvalue weighted by Gasteiger charge is -2.09. The van der Waals surface area contributed by atoms with Crippen molar-refractivity contribution in [1.29, 1.82) is 0 Å². The molecule has 1 N–H and O–H groups in total. The average molecular weight is 209 g/mol. The van der Waals surface area contributed by atoms with Crippen LogP contribution in [0.4, 0.5) is 0 Å². The Morgan fingerprint density at radius 3 is 2.60 bits per heavy atom. The fraction of sp³-hybridized carbons (Fsp3) is 0.364. The molecule has 0 heterocycles. The molecule has 0 radical (unpaired) electrons. The van der Waals surface area contributed by atoms with Crippen LogP contribution in [0.3, 0.4) is 0 Å². The molecule has 0 spiro atoms. The van der Waals surface area contributed by atoms with Gasteiger partial charge in [-0.3, -0.25) is 4.79 Å². The van der Waals surface area contributed by atoms with E-state index in [0.717, 1.165) is 12.0 Å². The fourth-order valence-corrected chi connectivity index (χ4v) is 1.31. The fourth-order valence-electron chi connectivity index (χ4n) is 1.31. The van der Waals surface area contributed by atoms with Crippen LogP contribution in [0.15, 0.2) is 18.2 Å². The van der Waals surface area contributed by atoms with Gasteiger partial charge in [-0.2, -0.15) is 0 Å². The molecule has 0 bridgehead atoms. The summed E-state index contributed by atoms with van der Waals surface area (Å²) in [6.07, 6.45) is 1.47. The minimum absolute atomic E-state index is 0.624. The van der Waals surface area contributed by atoms with E-state index < -0.39 is 0 Å². The van der Waals surface area contributed by atoms with Crippen LogP contribution in [0.1, 0.15) is 5.56 Å². The zero-order valence-corrected chi connectivity index (χ0v) is 8.95. The van der Waals surface area contributed by atoms with Gasteiger partial charge in [-0.25, -0.2) is 0 Å². The first-order valence-corrected chi connectivity index (χ1v) is 4.69. The minimum Gasteiger partial charge on any atom is -0.493 e. The number of carbonyl (C=O) groups is 1. The number of methoxy groups -OCH3 is 2. The van der Waals surface area contributed by atoms with Crippen molar-refractivity contribution >= 4 is 6.41 Å². The summed E-state index contributed by atoms with van der Waals surface area (Å²) in [4.78, 5) is 10.1. The van der Waals surface area contributed by atoms with Crippen molar-refractivity contribution in [2.45, 2.75) is 6.42 Å². The van der Waals surface area contributed by atoms with Crippen molar-refractivity contribution in [3.63, 3.8) is 0 Å². The molecular weight excluding hydrogens is 194 g/mol. The summed E-state index contributed by atoms with van der Waals surface area (Å²) in [5.41, 5.74) is 1.10. The van der Waals surface area contributed by atoms with Crippen LogP contribution in [-0.4, -0.2) is 27.2 Å². The first kappa shape index (κ1) is 11.4. The lowest BCUT2D eigenvalue weighted by atomic mass is 10.1. The third-order valence-corrected chi connectivity index (χ3v) is 2.09. The molecule has 0 saturated carbocycles. The number of carbonyl (C=O) groups excluding carboxylic acids is 1. The molecule has 0 aliphatic carbocycles. The quantitative estimate of drug-likeness (QED) is 0.561. The SMILES string of the molecule is COc1ccc(CCNC=O)cc1OC. The summed E-state index contributed by atoms with van der Waals surface area (Å²) < 4.78 is 10.3. The van der Waals surface area contributed by atoms with Crippen LogP contribution >= 0.6 is 0 Å². The van der Waals surface area contributed by atoms with E-state index in [4.69, 9.17) is 9.47 Å². The van der Waals surface area contributed by atoms with E-state index in [1.807, 2.05) is 18.2 Å². The molecule has 1 aromatic rings. The maximum atomic E-state index is 10.1. The molecule has 0 unspecified atom stereocenters. The van der Waals surface area contributed by atoms with Crippen molar-refractivity contribution in [3.05, 3.63) is 23.8 Å². The van der Waals surface area contributed by atoms with Crippen LogP contribution in [0, 0.1) is 0 Å². The van der Waals surface area contributed by atoms with Gasteiger partial charge in [0.1, 0.15) is 0 Å². The highest BCUT2D eigenvalue weighted by molar-refractivity contribution is 5.46. The normalized spacial score (nSPS) is 9.47. The molecular formula is C11H15NO3. The topological polar surface area (TPSA) is 47.6 Å². The van der Waals surface area contributed by atoms with E-state index in [9.17, 15) is 4.79 Å². The molecule has 1 rings (SSSR count). The van der Waals surface area contributed by atoms with Gasteiger partial charge in [0.05, 0.1) is 14.2 Å². The Labute approximate surface area is 89.2 Å². The Hall–Kier alpha value is -1.71. The number of amides is 1. The maximum absolute atomic E-state index is 10.1. The number of nitrogens with one attached hydrogen (secondary N) is 1. The number of rotatable bonds is 6. The van der Waals surface area contributed by atoms with E-state index in [0.29, 0.717) is 24.5 Å². The number of ether oxygens (including phenoxy) is 2. The Kier molecular flexibility index (Phi) is 4.47. The molecule has 15 heavy (non-hydrogen) atoms. The lowest BCUT2D eigenvalue weighted by Crippen LogP contribution is -2.14. The van der Waals surface area contributed by atoms with Gasteiger partial charge in [0.25, 0.3) is 0 Å². The van der Waals surface area contributed by atoms with Gasteiger partial charge in [0.15, 0.2) is 11.5 Å². The van der Waals surface area contributed by atoms with E-state index in [2.05, 4.69) is 5.32 Å². The van der Waals surface area contributed by atoms with E-state index in [1.165, 1.54) is 0 Å². The highest BCUT2D eigenvalue weighted by Gasteiger charge is 2.03. The van der Waals surface area contributed by atoms with Crippen LogP contribution < -0.4 is 14.8 Å². The van der Waals surface area contributed by atoms with Gasteiger partial charge >= 0.3 is 0 Å². The zero-order valence-electron chi connectivity index (χ0n) is 8.95. The summed E-state index contributed by atoms with van der Waals surface area (Å²) in [5.74, 6) is 1.42. The molecule has 4 heteroatoms. The summed E-state index contributed by atoms with van der Waals surface area (Å²) in [6, 6.07) is 5.72. The molecule has 0 aliphatic heterocycles. The Morgan fingerprint density at radius 2 is 2.00 bits per heavy atom. The zero-order chi connectivity index (χ0) is 11.1. The van der Waals surface area contributed by atoms with Crippen molar-refractivity contribution in [2.24, 2.45) is 0 Å². The molecule has 0 atom stereocenters. The van der Waals surface area contributed by atoms with Crippen molar-refractivity contribution in [2.75, 3.05) is 20.8 Å². The molecule has 1 amide bonds. The second kappa shape index (κ2) is 5.90. The third-order valence-electron chi connectivity index (χ3n) is 2.09. The summed E-state index contributed by atoms with van der Waals surface area (Å²) in [6.45, 7) is 0.624.